The standard InChI is InChI=1S/C15H21NO4S/c1-5-20-12-8-11(15(12,2)3)16(4)13(17)9-6-7-10(21-9)14(18)19/h6-7,11-12H,5,8H2,1-4H3,(H,18,19)/t11-,12+/m1/s1. The van der Waals surface area contributed by atoms with Gasteiger partial charge in [0, 0.05) is 25.1 Å². The molecule has 1 aromatic heterocycles. The molecule has 1 fully saturated rings. The number of thiophene rings is 1. The van der Waals surface area contributed by atoms with Crippen molar-refractivity contribution in [2.75, 3.05) is 13.7 Å². The van der Waals surface area contributed by atoms with Gasteiger partial charge in [-0.05, 0) is 25.5 Å². The Hall–Kier alpha value is -1.40. The van der Waals surface area contributed by atoms with Crippen molar-refractivity contribution in [3.63, 3.8) is 0 Å². The molecule has 1 heterocycles. The summed E-state index contributed by atoms with van der Waals surface area (Å²) < 4.78 is 5.68. The van der Waals surface area contributed by atoms with Crippen molar-refractivity contribution in [2.45, 2.75) is 39.3 Å². The molecule has 5 nitrogen and oxygen atoms in total. The van der Waals surface area contributed by atoms with Crippen molar-refractivity contribution >= 4 is 23.2 Å². The molecule has 0 bridgehead atoms. The normalized spacial score (nSPS) is 23.4. The summed E-state index contributed by atoms with van der Waals surface area (Å²) in [5, 5.41) is 8.93. The molecule has 1 aromatic rings. The van der Waals surface area contributed by atoms with Crippen LogP contribution in [0.1, 0.15) is 46.5 Å². The number of amides is 1. The van der Waals surface area contributed by atoms with Crippen LogP contribution in [0.15, 0.2) is 12.1 Å². The van der Waals surface area contributed by atoms with Gasteiger partial charge in [0.25, 0.3) is 5.91 Å². The van der Waals surface area contributed by atoms with E-state index in [1.807, 2.05) is 6.92 Å². The average Bonchev–Trinajstić information content (AvgIpc) is 2.91. The summed E-state index contributed by atoms with van der Waals surface area (Å²) in [7, 11) is 1.77. The highest BCUT2D eigenvalue weighted by Crippen LogP contribution is 2.45. The highest BCUT2D eigenvalue weighted by atomic mass is 32.1. The highest BCUT2D eigenvalue weighted by Gasteiger charge is 2.51. The molecule has 1 N–H and O–H groups in total. The number of carbonyl (C=O) groups is 2. The quantitative estimate of drug-likeness (QED) is 0.908. The molecule has 1 amide bonds. The summed E-state index contributed by atoms with van der Waals surface area (Å²) in [6.45, 7) is 6.84. The van der Waals surface area contributed by atoms with Gasteiger partial charge in [-0.25, -0.2) is 4.79 Å². The maximum absolute atomic E-state index is 12.5. The summed E-state index contributed by atoms with van der Waals surface area (Å²) in [6, 6.07) is 3.17. The Kier molecular flexibility index (Phi) is 4.39. The smallest absolute Gasteiger partial charge is 0.345 e. The lowest BCUT2D eigenvalue weighted by Gasteiger charge is -2.54. The fourth-order valence-corrected chi connectivity index (χ4v) is 3.72. The largest absolute Gasteiger partial charge is 0.477 e. The van der Waals surface area contributed by atoms with Gasteiger partial charge in [-0.2, -0.15) is 0 Å². The first-order valence-corrected chi connectivity index (χ1v) is 7.82. The number of hydrogen-bond acceptors (Lipinski definition) is 4. The molecule has 0 saturated heterocycles. The second-order valence-electron chi connectivity index (χ2n) is 5.90. The van der Waals surface area contributed by atoms with Gasteiger partial charge in [0.2, 0.25) is 0 Å². The van der Waals surface area contributed by atoms with Gasteiger partial charge in [-0.3, -0.25) is 4.79 Å². The molecule has 1 aliphatic carbocycles. The van der Waals surface area contributed by atoms with E-state index < -0.39 is 5.97 Å². The number of rotatable bonds is 5. The van der Waals surface area contributed by atoms with Crippen LogP contribution in [0.25, 0.3) is 0 Å². The van der Waals surface area contributed by atoms with Gasteiger partial charge in [0.1, 0.15) is 4.88 Å². The van der Waals surface area contributed by atoms with Crippen LogP contribution in [0.4, 0.5) is 0 Å². The van der Waals surface area contributed by atoms with E-state index in [1.54, 1.807) is 18.0 Å². The fourth-order valence-electron chi connectivity index (χ4n) is 2.89. The number of ether oxygens (including phenoxy) is 1. The van der Waals surface area contributed by atoms with Gasteiger partial charge in [0.05, 0.1) is 11.0 Å². The molecule has 1 saturated carbocycles. The van der Waals surface area contributed by atoms with Crippen molar-refractivity contribution in [1.82, 2.24) is 4.90 Å². The molecule has 2 rings (SSSR count). The summed E-state index contributed by atoms with van der Waals surface area (Å²) in [5.41, 5.74) is -0.0900. The zero-order valence-corrected chi connectivity index (χ0v) is 13.6. The van der Waals surface area contributed by atoms with Crippen LogP contribution in [-0.2, 0) is 4.74 Å². The van der Waals surface area contributed by atoms with Crippen molar-refractivity contribution in [1.29, 1.82) is 0 Å². The van der Waals surface area contributed by atoms with Gasteiger partial charge >= 0.3 is 5.97 Å². The Morgan fingerprint density at radius 1 is 1.43 bits per heavy atom. The van der Waals surface area contributed by atoms with Crippen molar-refractivity contribution in [3.05, 3.63) is 21.9 Å². The molecule has 116 valence electrons. The molecule has 0 aromatic carbocycles. The van der Waals surface area contributed by atoms with E-state index in [0.717, 1.165) is 17.8 Å². The first-order chi connectivity index (χ1) is 9.78. The Bertz CT molecular complexity index is 552. The number of hydrogen-bond donors (Lipinski definition) is 1. The molecule has 1 aliphatic rings. The maximum atomic E-state index is 12.5. The maximum Gasteiger partial charge on any atom is 0.345 e. The van der Waals surface area contributed by atoms with Crippen molar-refractivity contribution in [2.24, 2.45) is 5.41 Å². The number of aromatic carboxylic acids is 1. The first-order valence-electron chi connectivity index (χ1n) is 7.01. The van der Waals surface area contributed by atoms with Crippen LogP contribution in [-0.4, -0.2) is 47.7 Å². The van der Waals surface area contributed by atoms with Gasteiger partial charge in [-0.1, -0.05) is 13.8 Å². The van der Waals surface area contributed by atoms with Crippen LogP contribution in [0.2, 0.25) is 0 Å². The lowest BCUT2D eigenvalue weighted by Crippen LogP contribution is -2.62. The summed E-state index contributed by atoms with van der Waals surface area (Å²) in [6.07, 6.45) is 0.987. The van der Waals surface area contributed by atoms with Crippen LogP contribution in [0.3, 0.4) is 0 Å². The highest BCUT2D eigenvalue weighted by molar-refractivity contribution is 7.15. The van der Waals surface area contributed by atoms with Crippen molar-refractivity contribution < 1.29 is 19.4 Å². The van der Waals surface area contributed by atoms with Crippen LogP contribution < -0.4 is 0 Å². The predicted octanol–water partition coefficient (Wildman–Crippen LogP) is 2.72. The molecule has 0 aliphatic heterocycles. The minimum absolute atomic E-state index is 0.0900. The van der Waals surface area contributed by atoms with E-state index in [4.69, 9.17) is 9.84 Å². The van der Waals surface area contributed by atoms with Gasteiger partial charge < -0.3 is 14.7 Å². The summed E-state index contributed by atoms with van der Waals surface area (Å²) in [4.78, 5) is 25.7. The second kappa shape index (κ2) is 5.77. The van der Waals surface area contributed by atoms with E-state index in [0.29, 0.717) is 11.5 Å². The summed E-state index contributed by atoms with van der Waals surface area (Å²) >= 11 is 1.02. The lowest BCUT2D eigenvalue weighted by molar-refractivity contribution is -0.136. The fraction of sp³-hybridized carbons (Fsp3) is 0.600. The summed E-state index contributed by atoms with van der Waals surface area (Å²) in [5.74, 6) is -1.12. The Morgan fingerprint density at radius 3 is 2.52 bits per heavy atom. The minimum Gasteiger partial charge on any atom is -0.477 e. The third-order valence-electron chi connectivity index (χ3n) is 4.31. The first kappa shape index (κ1) is 16.0. The van der Waals surface area contributed by atoms with Crippen molar-refractivity contribution in [3.8, 4) is 0 Å². The predicted molar refractivity (Wildman–Crippen MR) is 81.0 cm³/mol. The van der Waals surface area contributed by atoms with E-state index >= 15 is 0 Å². The monoisotopic (exact) mass is 311 g/mol. The second-order valence-corrected chi connectivity index (χ2v) is 6.99. The average molecular weight is 311 g/mol. The number of carboxylic acids is 1. The molecule has 0 spiro atoms. The lowest BCUT2D eigenvalue weighted by atomic mass is 9.64. The molecular weight excluding hydrogens is 290 g/mol. The van der Waals surface area contributed by atoms with Gasteiger partial charge in [0.15, 0.2) is 0 Å². The van der Waals surface area contributed by atoms with E-state index in [2.05, 4.69) is 13.8 Å². The third-order valence-corrected chi connectivity index (χ3v) is 5.37. The third kappa shape index (κ3) is 2.82. The van der Waals surface area contributed by atoms with Crippen LogP contribution >= 0.6 is 11.3 Å². The number of carboxylic acid groups (broad SMARTS) is 1. The molecule has 6 heteroatoms. The van der Waals surface area contributed by atoms with E-state index in [1.165, 1.54) is 6.07 Å². The Morgan fingerprint density at radius 2 is 2.05 bits per heavy atom. The van der Waals surface area contributed by atoms with Gasteiger partial charge in [-0.15, -0.1) is 11.3 Å². The SMILES string of the molecule is CCO[C@H]1C[C@@H](N(C)C(=O)c2ccc(C(=O)O)s2)C1(C)C. The Labute approximate surface area is 128 Å². The zero-order chi connectivity index (χ0) is 15.8. The minimum atomic E-state index is -0.998. The molecular formula is C15H21NO4S. The van der Waals surface area contributed by atoms with Crippen LogP contribution in [0, 0.1) is 5.41 Å². The van der Waals surface area contributed by atoms with E-state index in [-0.39, 0.29) is 28.3 Å². The molecule has 2 atom stereocenters. The molecule has 0 unspecified atom stereocenters. The Balaban J connectivity index is 2.08. The number of carbonyl (C=O) groups excluding carboxylic acids is 1. The molecule has 0 radical (unpaired) electrons. The molecule has 21 heavy (non-hydrogen) atoms. The number of nitrogens with zero attached hydrogens (tertiary/aromatic N) is 1. The zero-order valence-electron chi connectivity index (χ0n) is 12.8. The van der Waals surface area contributed by atoms with Crippen LogP contribution in [0.5, 0.6) is 0 Å². The topological polar surface area (TPSA) is 66.8 Å². The van der Waals surface area contributed by atoms with E-state index in [9.17, 15) is 9.59 Å².